The van der Waals surface area contributed by atoms with Crippen molar-refractivity contribution in [2.45, 2.75) is 6.92 Å². The Morgan fingerprint density at radius 2 is 1.71 bits per heavy atom. The normalized spacial score (nSPS) is 14.4. The van der Waals surface area contributed by atoms with Gasteiger partial charge in [0.05, 0.1) is 30.0 Å². The van der Waals surface area contributed by atoms with Crippen LogP contribution >= 0.6 is 23.2 Å². The Labute approximate surface area is 227 Å². The SMILES string of the molecule is CCOc1cc(/C=C2\C(=O)NC(=O)N(c3ccc(OC)cc3)C2=O)ccc1OC(=O)c1ccc(Cl)cc1Cl. The third-order valence-electron chi connectivity index (χ3n) is 5.36. The maximum atomic E-state index is 13.2. The molecule has 0 unspecified atom stereocenters. The van der Waals surface area contributed by atoms with Crippen molar-refractivity contribution in [3.8, 4) is 17.2 Å². The number of barbiturate groups is 1. The number of nitrogens with one attached hydrogen (secondary N) is 1. The van der Waals surface area contributed by atoms with E-state index >= 15 is 0 Å². The molecular formula is C27H20Cl2N2O7. The number of nitrogens with zero attached hydrogens (tertiary/aromatic N) is 1. The molecular weight excluding hydrogens is 535 g/mol. The smallest absolute Gasteiger partial charge is 0.345 e. The quantitative estimate of drug-likeness (QED) is 0.183. The van der Waals surface area contributed by atoms with Gasteiger partial charge in [-0.1, -0.05) is 29.3 Å². The predicted octanol–water partition coefficient (Wildman–Crippen LogP) is 5.29. The zero-order valence-electron chi connectivity index (χ0n) is 20.1. The lowest BCUT2D eigenvalue weighted by molar-refractivity contribution is -0.122. The Morgan fingerprint density at radius 3 is 2.37 bits per heavy atom. The molecule has 0 spiro atoms. The van der Waals surface area contributed by atoms with E-state index in [0.717, 1.165) is 4.90 Å². The van der Waals surface area contributed by atoms with Crippen LogP contribution in [0.25, 0.3) is 6.08 Å². The van der Waals surface area contributed by atoms with E-state index in [9.17, 15) is 19.2 Å². The van der Waals surface area contributed by atoms with Crippen LogP contribution in [0.5, 0.6) is 17.2 Å². The standard InChI is InChI=1S/C27H20Cl2N2O7/c1-3-37-23-13-15(4-11-22(23)38-26(34)19-10-5-16(28)14-21(19)29)12-20-24(32)30-27(35)31(25(20)33)17-6-8-18(36-2)9-7-17/h4-14H,3H2,1-2H3,(H,30,32,35)/b20-12+. The minimum atomic E-state index is -0.875. The van der Waals surface area contributed by atoms with E-state index in [1.807, 2.05) is 0 Å². The first kappa shape index (κ1) is 26.7. The first-order chi connectivity index (χ1) is 18.2. The summed E-state index contributed by atoms with van der Waals surface area (Å²) >= 11 is 12.0. The van der Waals surface area contributed by atoms with E-state index in [0.29, 0.717) is 16.3 Å². The van der Waals surface area contributed by atoms with Gasteiger partial charge in [0.25, 0.3) is 11.8 Å². The Morgan fingerprint density at radius 1 is 0.974 bits per heavy atom. The van der Waals surface area contributed by atoms with E-state index in [2.05, 4.69) is 5.32 Å². The van der Waals surface area contributed by atoms with E-state index in [4.69, 9.17) is 37.4 Å². The maximum Gasteiger partial charge on any atom is 0.345 e. The highest BCUT2D eigenvalue weighted by Gasteiger charge is 2.36. The fourth-order valence-corrected chi connectivity index (χ4v) is 4.05. The lowest BCUT2D eigenvalue weighted by Gasteiger charge is -2.26. The first-order valence-corrected chi connectivity index (χ1v) is 12.0. The Balaban J connectivity index is 1.63. The highest BCUT2D eigenvalue weighted by molar-refractivity contribution is 6.39. The number of amides is 4. The second kappa shape index (κ2) is 11.4. The molecule has 1 aliphatic rings. The number of carbonyl (C=O) groups is 4. The number of benzene rings is 3. The number of urea groups is 1. The van der Waals surface area contributed by atoms with Gasteiger partial charge in [-0.15, -0.1) is 0 Å². The van der Waals surface area contributed by atoms with Gasteiger partial charge < -0.3 is 14.2 Å². The van der Waals surface area contributed by atoms with Crippen molar-refractivity contribution in [1.29, 1.82) is 0 Å². The molecule has 1 aliphatic heterocycles. The average molecular weight is 555 g/mol. The number of hydrogen-bond donors (Lipinski definition) is 1. The molecule has 1 fully saturated rings. The number of methoxy groups -OCH3 is 1. The van der Waals surface area contributed by atoms with Crippen molar-refractivity contribution in [3.63, 3.8) is 0 Å². The number of hydrogen-bond acceptors (Lipinski definition) is 7. The number of anilines is 1. The molecule has 1 saturated heterocycles. The fourth-order valence-electron chi connectivity index (χ4n) is 3.57. The van der Waals surface area contributed by atoms with Gasteiger partial charge in [0.2, 0.25) is 0 Å². The predicted molar refractivity (Wildman–Crippen MR) is 141 cm³/mol. The van der Waals surface area contributed by atoms with Gasteiger partial charge in [0.15, 0.2) is 11.5 Å². The van der Waals surface area contributed by atoms with Crippen LogP contribution < -0.4 is 24.4 Å². The minimum absolute atomic E-state index is 0.0967. The molecule has 38 heavy (non-hydrogen) atoms. The number of imide groups is 2. The van der Waals surface area contributed by atoms with Crippen molar-refractivity contribution >= 4 is 58.8 Å². The molecule has 1 heterocycles. The molecule has 0 aliphatic carbocycles. The Bertz CT molecular complexity index is 1470. The second-order valence-electron chi connectivity index (χ2n) is 7.81. The zero-order valence-corrected chi connectivity index (χ0v) is 21.6. The maximum absolute atomic E-state index is 13.2. The molecule has 4 rings (SSSR count). The Kier molecular flexibility index (Phi) is 7.99. The van der Waals surface area contributed by atoms with Gasteiger partial charge in [-0.05, 0) is 73.2 Å². The van der Waals surface area contributed by atoms with E-state index in [1.165, 1.54) is 61.7 Å². The lowest BCUT2D eigenvalue weighted by Crippen LogP contribution is -2.54. The third kappa shape index (κ3) is 5.64. The summed E-state index contributed by atoms with van der Waals surface area (Å²) < 4.78 is 16.2. The zero-order chi connectivity index (χ0) is 27.4. The highest BCUT2D eigenvalue weighted by Crippen LogP contribution is 2.32. The first-order valence-electron chi connectivity index (χ1n) is 11.2. The Hall–Kier alpha value is -4.34. The van der Waals surface area contributed by atoms with E-state index in [1.54, 1.807) is 19.1 Å². The number of ether oxygens (including phenoxy) is 3. The molecule has 0 radical (unpaired) electrons. The molecule has 9 nitrogen and oxygen atoms in total. The number of halogens is 2. The molecule has 3 aromatic rings. The van der Waals surface area contributed by atoms with Gasteiger partial charge in [-0.3, -0.25) is 14.9 Å². The van der Waals surface area contributed by atoms with Crippen LogP contribution in [0.4, 0.5) is 10.5 Å². The molecule has 0 aromatic heterocycles. The van der Waals surface area contributed by atoms with E-state index in [-0.39, 0.29) is 40.0 Å². The third-order valence-corrected chi connectivity index (χ3v) is 5.91. The monoisotopic (exact) mass is 554 g/mol. The topological polar surface area (TPSA) is 111 Å². The highest BCUT2D eigenvalue weighted by atomic mass is 35.5. The van der Waals surface area contributed by atoms with Crippen LogP contribution in [0, 0.1) is 0 Å². The molecule has 1 N–H and O–H groups in total. The summed E-state index contributed by atoms with van der Waals surface area (Å²) in [4.78, 5) is 51.7. The van der Waals surface area contributed by atoms with Gasteiger partial charge in [0.1, 0.15) is 11.3 Å². The van der Waals surface area contributed by atoms with Crippen LogP contribution in [-0.4, -0.2) is 37.5 Å². The van der Waals surface area contributed by atoms with Crippen LogP contribution in [0.15, 0.2) is 66.2 Å². The molecule has 0 bridgehead atoms. The van der Waals surface area contributed by atoms with E-state index < -0.39 is 23.8 Å². The summed E-state index contributed by atoms with van der Waals surface area (Å²) in [5, 5.41) is 2.66. The molecule has 4 amide bonds. The number of esters is 1. The largest absolute Gasteiger partial charge is 0.497 e. The van der Waals surface area contributed by atoms with Crippen molar-refractivity contribution in [2.24, 2.45) is 0 Å². The average Bonchev–Trinajstić information content (AvgIpc) is 2.88. The lowest BCUT2D eigenvalue weighted by atomic mass is 10.1. The van der Waals surface area contributed by atoms with Crippen LogP contribution in [-0.2, 0) is 9.59 Å². The summed E-state index contributed by atoms with van der Waals surface area (Å²) in [5.41, 5.74) is 0.475. The van der Waals surface area contributed by atoms with Crippen LogP contribution in [0.3, 0.4) is 0 Å². The van der Waals surface area contributed by atoms with Crippen molar-refractivity contribution < 1.29 is 33.4 Å². The van der Waals surface area contributed by atoms with Crippen molar-refractivity contribution in [3.05, 3.63) is 87.4 Å². The van der Waals surface area contributed by atoms with Gasteiger partial charge in [-0.25, -0.2) is 14.5 Å². The van der Waals surface area contributed by atoms with Gasteiger partial charge >= 0.3 is 12.0 Å². The molecule has 3 aromatic carbocycles. The number of carbonyl (C=O) groups excluding carboxylic acids is 4. The summed E-state index contributed by atoms with van der Waals surface area (Å²) in [6, 6.07) is 14.2. The number of rotatable bonds is 7. The molecule has 194 valence electrons. The van der Waals surface area contributed by atoms with Crippen LogP contribution in [0.2, 0.25) is 10.0 Å². The van der Waals surface area contributed by atoms with Crippen molar-refractivity contribution in [2.75, 3.05) is 18.6 Å². The summed E-state index contributed by atoms with van der Waals surface area (Å²) in [5.74, 6) is -1.57. The van der Waals surface area contributed by atoms with Gasteiger partial charge in [0, 0.05) is 5.02 Å². The summed E-state index contributed by atoms with van der Waals surface area (Å²) in [6.45, 7) is 1.98. The molecule has 0 saturated carbocycles. The minimum Gasteiger partial charge on any atom is -0.497 e. The fraction of sp³-hybridized carbons (Fsp3) is 0.111. The summed E-state index contributed by atoms with van der Waals surface area (Å²) in [6.07, 6.45) is 1.31. The van der Waals surface area contributed by atoms with Crippen LogP contribution in [0.1, 0.15) is 22.8 Å². The van der Waals surface area contributed by atoms with Gasteiger partial charge in [-0.2, -0.15) is 0 Å². The molecule has 11 heteroatoms. The molecule has 0 atom stereocenters. The summed E-state index contributed by atoms with van der Waals surface area (Å²) in [7, 11) is 1.49. The van der Waals surface area contributed by atoms with Crippen molar-refractivity contribution in [1.82, 2.24) is 5.32 Å². The second-order valence-corrected chi connectivity index (χ2v) is 8.65.